The summed E-state index contributed by atoms with van der Waals surface area (Å²) in [5.74, 6) is -0.0773. The third-order valence-electron chi connectivity index (χ3n) is 3.73. The van der Waals surface area contributed by atoms with Crippen LogP contribution in [0.4, 0.5) is 0 Å². The lowest BCUT2D eigenvalue weighted by Crippen LogP contribution is -2.40. The standard InChI is InChI=1S/C16H18N2O5S/c19-16(15-2-1-9-23-15)17-12-13-3-5-14(6-4-13)24(20,21)18-7-10-22-11-8-18/h1-6,9H,7-8,10-12H2,(H,17,19). The minimum Gasteiger partial charge on any atom is -0.459 e. The minimum atomic E-state index is -3.49. The summed E-state index contributed by atoms with van der Waals surface area (Å²) in [6.45, 7) is 1.84. The van der Waals surface area contributed by atoms with Crippen LogP contribution in [0, 0.1) is 0 Å². The quantitative estimate of drug-likeness (QED) is 0.876. The molecule has 0 bridgehead atoms. The highest BCUT2D eigenvalue weighted by Gasteiger charge is 2.26. The summed E-state index contributed by atoms with van der Waals surface area (Å²) in [6.07, 6.45) is 1.43. The Morgan fingerprint density at radius 1 is 1.12 bits per heavy atom. The van der Waals surface area contributed by atoms with Crippen molar-refractivity contribution in [3.8, 4) is 0 Å². The number of carbonyl (C=O) groups excluding carboxylic acids is 1. The highest BCUT2D eigenvalue weighted by molar-refractivity contribution is 7.89. The normalized spacial score (nSPS) is 16.0. The van der Waals surface area contributed by atoms with Gasteiger partial charge in [-0.25, -0.2) is 8.42 Å². The molecular weight excluding hydrogens is 332 g/mol. The summed E-state index contributed by atoms with van der Waals surface area (Å²) in [4.78, 5) is 12.0. The van der Waals surface area contributed by atoms with E-state index < -0.39 is 10.0 Å². The second-order valence-corrected chi connectivity index (χ2v) is 7.26. The highest BCUT2D eigenvalue weighted by Crippen LogP contribution is 2.17. The van der Waals surface area contributed by atoms with Crippen LogP contribution in [0.1, 0.15) is 16.1 Å². The lowest BCUT2D eigenvalue weighted by Gasteiger charge is -2.26. The molecule has 1 amide bonds. The van der Waals surface area contributed by atoms with E-state index in [0.717, 1.165) is 5.56 Å². The van der Waals surface area contributed by atoms with Crippen molar-refractivity contribution in [3.63, 3.8) is 0 Å². The number of ether oxygens (including phenoxy) is 1. The first-order valence-corrected chi connectivity index (χ1v) is 9.00. The summed E-state index contributed by atoms with van der Waals surface area (Å²) in [6, 6.07) is 9.71. The highest BCUT2D eigenvalue weighted by atomic mass is 32.2. The van der Waals surface area contributed by atoms with Crippen LogP contribution in [0.2, 0.25) is 0 Å². The van der Waals surface area contributed by atoms with Crippen LogP contribution >= 0.6 is 0 Å². The maximum absolute atomic E-state index is 12.5. The van der Waals surface area contributed by atoms with Gasteiger partial charge in [-0.15, -0.1) is 0 Å². The van der Waals surface area contributed by atoms with Crippen LogP contribution in [0.3, 0.4) is 0 Å². The van der Waals surface area contributed by atoms with Gasteiger partial charge in [0.1, 0.15) is 0 Å². The molecule has 128 valence electrons. The fourth-order valence-corrected chi connectivity index (χ4v) is 3.80. The zero-order valence-corrected chi connectivity index (χ0v) is 13.8. The maximum Gasteiger partial charge on any atom is 0.287 e. The van der Waals surface area contributed by atoms with Gasteiger partial charge in [0.25, 0.3) is 5.91 Å². The van der Waals surface area contributed by atoms with Crippen molar-refractivity contribution >= 4 is 15.9 Å². The van der Waals surface area contributed by atoms with Crippen LogP contribution < -0.4 is 5.32 Å². The number of sulfonamides is 1. The molecule has 3 rings (SSSR count). The molecule has 1 N–H and O–H groups in total. The molecule has 0 spiro atoms. The molecule has 1 fully saturated rings. The van der Waals surface area contributed by atoms with E-state index in [1.165, 1.54) is 10.6 Å². The third-order valence-corrected chi connectivity index (χ3v) is 5.64. The summed E-state index contributed by atoms with van der Waals surface area (Å²) in [7, 11) is -3.49. The van der Waals surface area contributed by atoms with Crippen molar-refractivity contribution in [1.29, 1.82) is 0 Å². The van der Waals surface area contributed by atoms with E-state index in [1.54, 1.807) is 36.4 Å². The molecule has 1 aromatic carbocycles. The Labute approximate surface area is 140 Å². The molecule has 1 aliphatic rings. The number of hydrogen-bond acceptors (Lipinski definition) is 5. The van der Waals surface area contributed by atoms with E-state index >= 15 is 0 Å². The molecule has 1 saturated heterocycles. The zero-order valence-electron chi connectivity index (χ0n) is 13.0. The van der Waals surface area contributed by atoms with Gasteiger partial charge < -0.3 is 14.5 Å². The first kappa shape index (κ1) is 16.7. The minimum absolute atomic E-state index is 0.238. The van der Waals surface area contributed by atoms with Crippen molar-refractivity contribution in [2.24, 2.45) is 0 Å². The Balaban J connectivity index is 1.63. The predicted molar refractivity (Wildman–Crippen MR) is 85.9 cm³/mol. The van der Waals surface area contributed by atoms with Gasteiger partial charge in [0.05, 0.1) is 24.4 Å². The van der Waals surface area contributed by atoms with Crippen molar-refractivity contribution in [2.75, 3.05) is 26.3 Å². The maximum atomic E-state index is 12.5. The number of furan rings is 1. The van der Waals surface area contributed by atoms with E-state index in [4.69, 9.17) is 9.15 Å². The average molecular weight is 350 g/mol. The first-order chi connectivity index (χ1) is 11.6. The van der Waals surface area contributed by atoms with E-state index in [9.17, 15) is 13.2 Å². The van der Waals surface area contributed by atoms with E-state index in [1.807, 2.05) is 0 Å². The van der Waals surface area contributed by atoms with Crippen LogP contribution in [0.5, 0.6) is 0 Å². The summed E-state index contributed by atoms with van der Waals surface area (Å²) < 4.78 is 36.6. The van der Waals surface area contributed by atoms with Crippen molar-refractivity contribution in [2.45, 2.75) is 11.4 Å². The third kappa shape index (κ3) is 3.66. The van der Waals surface area contributed by atoms with Crippen molar-refractivity contribution in [3.05, 3.63) is 54.0 Å². The largest absolute Gasteiger partial charge is 0.459 e. The second kappa shape index (κ2) is 7.16. The molecule has 2 heterocycles. The van der Waals surface area contributed by atoms with Gasteiger partial charge in [0.15, 0.2) is 5.76 Å². The van der Waals surface area contributed by atoms with Gasteiger partial charge in [-0.05, 0) is 29.8 Å². The van der Waals surface area contributed by atoms with E-state index in [2.05, 4.69) is 5.32 Å². The van der Waals surface area contributed by atoms with Crippen LogP contribution in [0.15, 0.2) is 52.0 Å². The molecule has 1 aliphatic heterocycles. The van der Waals surface area contributed by atoms with Gasteiger partial charge in [-0.3, -0.25) is 4.79 Å². The van der Waals surface area contributed by atoms with Crippen LogP contribution in [-0.4, -0.2) is 44.9 Å². The number of hydrogen-bond donors (Lipinski definition) is 1. The second-order valence-electron chi connectivity index (χ2n) is 5.32. The molecule has 0 radical (unpaired) electrons. The predicted octanol–water partition coefficient (Wildman–Crippen LogP) is 1.23. The van der Waals surface area contributed by atoms with Gasteiger partial charge in [0.2, 0.25) is 10.0 Å². The van der Waals surface area contributed by atoms with Crippen molar-refractivity contribution in [1.82, 2.24) is 9.62 Å². The fourth-order valence-electron chi connectivity index (χ4n) is 2.39. The molecule has 7 nitrogen and oxygen atoms in total. The van der Waals surface area contributed by atoms with Gasteiger partial charge in [-0.2, -0.15) is 4.31 Å². The Kier molecular flexibility index (Phi) is 4.98. The molecule has 0 unspecified atom stereocenters. The molecule has 24 heavy (non-hydrogen) atoms. The molecule has 0 saturated carbocycles. The molecule has 2 aromatic rings. The lowest BCUT2D eigenvalue weighted by atomic mass is 10.2. The van der Waals surface area contributed by atoms with E-state index in [-0.39, 0.29) is 23.1 Å². The molecule has 8 heteroatoms. The monoisotopic (exact) mass is 350 g/mol. The molecule has 0 aliphatic carbocycles. The lowest BCUT2D eigenvalue weighted by molar-refractivity contribution is 0.0730. The molecule has 0 atom stereocenters. The number of morpholine rings is 1. The Hall–Kier alpha value is -2.16. The summed E-state index contributed by atoms with van der Waals surface area (Å²) in [5, 5.41) is 2.71. The van der Waals surface area contributed by atoms with Gasteiger partial charge >= 0.3 is 0 Å². The Morgan fingerprint density at radius 2 is 1.83 bits per heavy atom. The SMILES string of the molecule is O=C(NCc1ccc(S(=O)(=O)N2CCOCC2)cc1)c1ccco1. The number of benzene rings is 1. The smallest absolute Gasteiger partial charge is 0.287 e. The van der Waals surface area contributed by atoms with Crippen LogP contribution in [-0.2, 0) is 21.3 Å². The average Bonchev–Trinajstić information content (AvgIpc) is 3.15. The Bertz CT molecular complexity index is 778. The van der Waals surface area contributed by atoms with Crippen molar-refractivity contribution < 1.29 is 22.4 Å². The van der Waals surface area contributed by atoms with Crippen LogP contribution in [0.25, 0.3) is 0 Å². The molecule has 1 aromatic heterocycles. The zero-order chi connectivity index (χ0) is 17.0. The number of amides is 1. The first-order valence-electron chi connectivity index (χ1n) is 7.56. The van der Waals surface area contributed by atoms with Gasteiger partial charge in [-0.1, -0.05) is 12.1 Å². The topological polar surface area (TPSA) is 88.9 Å². The fraction of sp³-hybridized carbons (Fsp3) is 0.312. The summed E-state index contributed by atoms with van der Waals surface area (Å²) >= 11 is 0. The Morgan fingerprint density at radius 3 is 2.46 bits per heavy atom. The summed E-state index contributed by atoms with van der Waals surface area (Å²) in [5.41, 5.74) is 0.802. The number of nitrogens with one attached hydrogen (secondary N) is 1. The molecular formula is C16H18N2O5S. The number of rotatable bonds is 5. The number of nitrogens with zero attached hydrogens (tertiary/aromatic N) is 1. The number of carbonyl (C=O) groups is 1. The van der Waals surface area contributed by atoms with E-state index in [0.29, 0.717) is 26.3 Å². The van der Waals surface area contributed by atoms with Gasteiger partial charge in [0, 0.05) is 19.6 Å².